The topological polar surface area (TPSA) is 80.0 Å². The van der Waals surface area contributed by atoms with Gasteiger partial charge in [0, 0.05) is 11.6 Å². The van der Waals surface area contributed by atoms with E-state index >= 15 is 0 Å². The van der Waals surface area contributed by atoms with Crippen LogP contribution < -0.4 is 5.32 Å². The Morgan fingerprint density at radius 1 is 1.22 bits per heavy atom. The van der Waals surface area contributed by atoms with Gasteiger partial charge >= 0.3 is 0 Å². The fourth-order valence-corrected chi connectivity index (χ4v) is 3.71. The second-order valence-electron chi connectivity index (χ2n) is 5.53. The lowest BCUT2D eigenvalue weighted by molar-refractivity contribution is -0.113. The van der Waals surface area contributed by atoms with Crippen LogP contribution in [0.5, 0.6) is 5.75 Å². The summed E-state index contributed by atoms with van der Waals surface area (Å²) in [6, 6.07) is 11.8. The molecular weight excluding hydrogens is 407 g/mol. The third-order valence-electron chi connectivity index (χ3n) is 3.72. The van der Waals surface area contributed by atoms with Crippen LogP contribution in [0.1, 0.15) is 6.92 Å². The summed E-state index contributed by atoms with van der Waals surface area (Å²) in [4.78, 5) is 12.2. The van der Waals surface area contributed by atoms with Gasteiger partial charge in [0.2, 0.25) is 5.91 Å². The summed E-state index contributed by atoms with van der Waals surface area (Å²) >= 11 is 13.2. The number of phenolic OH excluding ortho intramolecular Hbond substituents is 1. The molecule has 9 heteroatoms. The molecular formula is C18H16Cl2N4O2S. The molecule has 0 atom stereocenters. The van der Waals surface area contributed by atoms with Crippen LogP contribution in [0.15, 0.2) is 47.6 Å². The van der Waals surface area contributed by atoms with Gasteiger partial charge in [-0.1, -0.05) is 47.1 Å². The van der Waals surface area contributed by atoms with Crippen molar-refractivity contribution in [3.8, 4) is 17.1 Å². The highest BCUT2D eigenvalue weighted by atomic mass is 35.5. The second kappa shape index (κ2) is 8.65. The molecule has 1 amide bonds. The number of benzene rings is 2. The minimum atomic E-state index is -0.223. The molecule has 1 heterocycles. The lowest BCUT2D eigenvalue weighted by atomic mass is 10.2. The van der Waals surface area contributed by atoms with Crippen molar-refractivity contribution in [1.82, 2.24) is 14.8 Å². The van der Waals surface area contributed by atoms with Gasteiger partial charge in [0.15, 0.2) is 11.0 Å². The van der Waals surface area contributed by atoms with Crippen LogP contribution in [0.2, 0.25) is 10.0 Å². The number of hydrogen-bond donors (Lipinski definition) is 2. The van der Waals surface area contributed by atoms with Crippen LogP contribution in [-0.4, -0.2) is 31.5 Å². The Labute approximate surface area is 170 Å². The second-order valence-corrected chi connectivity index (χ2v) is 7.31. The van der Waals surface area contributed by atoms with Crippen LogP contribution in [0.3, 0.4) is 0 Å². The minimum absolute atomic E-state index is 0.131. The summed E-state index contributed by atoms with van der Waals surface area (Å²) in [6.07, 6.45) is 0. The number of carbonyl (C=O) groups excluding carboxylic acids is 1. The van der Waals surface area contributed by atoms with Crippen LogP contribution in [-0.2, 0) is 11.3 Å². The van der Waals surface area contributed by atoms with Crippen molar-refractivity contribution < 1.29 is 9.90 Å². The summed E-state index contributed by atoms with van der Waals surface area (Å²) in [6.45, 7) is 2.55. The van der Waals surface area contributed by atoms with E-state index in [0.717, 1.165) is 0 Å². The van der Waals surface area contributed by atoms with Crippen LogP contribution >= 0.6 is 35.0 Å². The summed E-state index contributed by atoms with van der Waals surface area (Å²) < 4.78 is 1.85. The van der Waals surface area contributed by atoms with Crippen molar-refractivity contribution >= 4 is 46.6 Å². The number of phenols is 1. The number of rotatable bonds is 6. The van der Waals surface area contributed by atoms with E-state index in [-0.39, 0.29) is 17.4 Å². The van der Waals surface area contributed by atoms with E-state index in [0.29, 0.717) is 38.8 Å². The first kappa shape index (κ1) is 19.5. The number of nitrogens with zero attached hydrogens (tertiary/aromatic N) is 3. The van der Waals surface area contributed by atoms with E-state index in [4.69, 9.17) is 23.2 Å². The van der Waals surface area contributed by atoms with Gasteiger partial charge in [0.1, 0.15) is 5.75 Å². The fourth-order valence-electron chi connectivity index (χ4n) is 2.45. The molecule has 3 rings (SSSR count). The predicted molar refractivity (Wildman–Crippen MR) is 109 cm³/mol. The highest BCUT2D eigenvalue weighted by molar-refractivity contribution is 7.99. The number of halogens is 2. The summed E-state index contributed by atoms with van der Waals surface area (Å²) in [5, 5.41) is 22.6. The molecule has 0 saturated heterocycles. The zero-order valence-electron chi connectivity index (χ0n) is 14.3. The number of aromatic hydroxyl groups is 1. The molecule has 2 N–H and O–H groups in total. The third kappa shape index (κ3) is 4.55. The van der Waals surface area contributed by atoms with Gasteiger partial charge in [-0.15, -0.1) is 10.2 Å². The molecule has 1 aromatic heterocycles. The molecule has 0 fully saturated rings. The van der Waals surface area contributed by atoms with E-state index in [2.05, 4.69) is 15.5 Å². The SMILES string of the molecule is CCn1c(SCC(=O)Nc2ccc(Cl)cc2Cl)nnc1-c1ccccc1O. The van der Waals surface area contributed by atoms with E-state index in [1.165, 1.54) is 11.8 Å². The van der Waals surface area contributed by atoms with Gasteiger partial charge in [-0.05, 0) is 37.3 Å². The number of hydrogen-bond acceptors (Lipinski definition) is 5. The third-order valence-corrected chi connectivity index (χ3v) is 5.23. The molecule has 2 aromatic carbocycles. The molecule has 0 aliphatic rings. The number of anilines is 1. The fraction of sp³-hybridized carbons (Fsp3) is 0.167. The largest absolute Gasteiger partial charge is 0.507 e. The Morgan fingerprint density at radius 2 is 2.00 bits per heavy atom. The Kier molecular flexibility index (Phi) is 6.26. The Bertz CT molecular complexity index is 978. The predicted octanol–water partition coefficient (Wildman–Crippen LogP) is 4.71. The Balaban J connectivity index is 1.71. The van der Waals surface area contributed by atoms with Crippen LogP contribution in [0, 0.1) is 0 Å². The number of nitrogens with one attached hydrogen (secondary N) is 1. The van der Waals surface area contributed by atoms with Crippen molar-refractivity contribution in [1.29, 1.82) is 0 Å². The quantitative estimate of drug-likeness (QED) is 0.562. The van der Waals surface area contributed by atoms with Crippen molar-refractivity contribution in [2.24, 2.45) is 0 Å². The summed E-state index contributed by atoms with van der Waals surface area (Å²) in [5.74, 6) is 0.599. The first-order valence-corrected chi connectivity index (χ1v) is 9.83. The van der Waals surface area contributed by atoms with Gasteiger partial charge in [-0.3, -0.25) is 4.79 Å². The average Bonchev–Trinajstić information content (AvgIpc) is 3.05. The number of aromatic nitrogens is 3. The van der Waals surface area contributed by atoms with Gasteiger partial charge < -0.3 is 15.0 Å². The minimum Gasteiger partial charge on any atom is -0.507 e. The van der Waals surface area contributed by atoms with Crippen LogP contribution in [0.4, 0.5) is 5.69 Å². The molecule has 0 unspecified atom stereocenters. The van der Waals surface area contributed by atoms with Crippen molar-refractivity contribution in [3.05, 3.63) is 52.5 Å². The van der Waals surface area contributed by atoms with E-state index in [9.17, 15) is 9.90 Å². The Hall–Kier alpha value is -2.22. The summed E-state index contributed by atoms with van der Waals surface area (Å²) in [7, 11) is 0. The average molecular weight is 423 g/mol. The number of carbonyl (C=O) groups is 1. The standard InChI is InChI=1S/C18H16Cl2N4O2S/c1-2-24-17(12-5-3-4-6-15(12)25)22-23-18(24)27-10-16(26)21-14-8-7-11(19)9-13(14)20/h3-9,25H,2,10H2,1H3,(H,21,26). The molecule has 0 saturated carbocycles. The molecule has 0 bridgehead atoms. The first-order valence-electron chi connectivity index (χ1n) is 8.09. The van der Waals surface area contributed by atoms with Crippen molar-refractivity contribution in [2.45, 2.75) is 18.6 Å². The van der Waals surface area contributed by atoms with Gasteiger partial charge in [-0.2, -0.15) is 0 Å². The van der Waals surface area contributed by atoms with Gasteiger partial charge in [0.25, 0.3) is 0 Å². The highest BCUT2D eigenvalue weighted by Crippen LogP contribution is 2.30. The monoisotopic (exact) mass is 422 g/mol. The maximum Gasteiger partial charge on any atom is 0.234 e. The van der Waals surface area contributed by atoms with E-state index in [1.807, 2.05) is 17.6 Å². The lowest BCUT2D eigenvalue weighted by Crippen LogP contribution is -2.15. The first-order chi connectivity index (χ1) is 13.0. The molecule has 3 aromatic rings. The van der Waals surface area contributed by atoms with Crippen LogP contribution in [0.25, 0.3) is 11.4 Å². The van der Waals surface area contributed by atoms with Crippen molar-refractivity contribution in [3.63, 3.8) is 0 Å². The molecule has 140 valence electrons. The molecule has 0 spiro atoms. The number of amides is 1. The van der Waals surface area contributed by atoms with E-state index < -0.39 is 0 Å². The zero-order valence-corrected chi connectivity index (χ0v) is 16.6. The number of thioether (sulfide) groups is 1. The molecule has 0 aliphatic carbocycles. The van der Waals surface area contributed by atoms with Gasteiger partial charge in [0.05, 0.1) is 22.0 Å². The summed E-state index contributed by atoms with van der Waals surface area (Å²) in [5.41, 5.74) is 1.09. The molecule has 6 nitrogen and oxygen atoms in total. The molecule has 27 heavy (non-hydrogen) atoms. The van der Waals surface area contributed by atoms with Gasteiger partial charge in [-0.25, -0.2) is 0 Å². The molecule has 0 radical (unpaired) electrons. The normalized spacial score (nSPS) is 10.8. The van der Waals surface area contributed by atoms with E-state index in [1.54, 1.807) is 36.4 Å². The Morgan fingerprint density at radius 3 is 2.70 bits per heavy atom. The number of para-hydroxylation sites is 1. The molecule has 0 aliphatic heterocycles. The van der Waals surface area contributed by atoms with Crippen molar-refractivity contribution in [2.75, 3.05) is 11.1 Å². The zero-order chi connectivity index (χ0) is 19.4. The smallest absolute Gasteiger partial charge is 0.234 e. The maximum absolute atomic E-state index is 12.2. The highest BCUT2D eigenvalue weighted by Gasteiger charge is 2.17. The lowest BCUT2D eigenvalue weighted by Gasteiger charge is -2.09. The maximum atomic E-state index is 12.2.